The predicted molar refractivity (Wildman–Crippen MR) is 81.0 cm³/mol. The highest BCUT2D eigenvalue weighted by atomic mass is 15.1. The zero-order valence-corrected chi connectivity index (χ0v) is 12.5. The van der Waals surface area contributed by atoms with Crippen molar-refractivity contribution in [1.82, 2.24) is 4.90 Å². The summed E-state index contributed by atoms with van der Waals surface area (Å²) < 4.78 is 0. The van der Waals surface area contributed by atoms with Gasteiger partial charge in [-0.2, -0.15) is 5.26 Å². The first-order valence-corrected chi connectivity index (χ1v) is 7.25. The van der Waals surface area contributed by atoms with Gasteiger partial charge in [0.25, 0.3) is 0 Å². The van der Waals surface area contributed by atoms with Gasteiger partial charge in [-0.15, -0.1) is 0 Å². The number of nitrogens with zero attached hydrogens (tertiary/aromatic N) is 2. The van der Waals surface area contributed by atoms with Crippen molar-refractivity contribution >= 4 is 0 Å². The lowest BCUT2D eigenvalue weighted by Crippen LogP contribution is -2.22. The van der Waals surface area contributed by atoms with Crippen molar-refractivity contribution in [3.63, 3.8) is 0 Å². The highest BCUT2D eigenvalue weighted by Gasteiger charge is 2.01. The maximum Gasteiger partial charge on any atom is 0.0622 e. The Bertz CT molecular complexity index is 387. The number of unbranched alkanes of at least 4 members (excludes halogenated alkanes) is 1. The van der Waals surface area contributed by atoms with Gasteiger partial charge >= 0.3 is 0 Å². The summed E-state index contributed by atoms with van der Waals surface area (Å²) in [6.45, 7) is 6.59. The van der Waals surface area contributed by atoms with E-state index in [1.165, 1.54) is 11.1 Å². The number of rotatable bonds is 8. The minimum atomic E-state index is 0.661. The SMILES string of the molecule is CC(C)Cc1ccc(CCN(C)CCCC#N)cc1. The Morgan fingerprint density at radius 2 is 1.74 bits per heavy atom. The minimum Gasteiger partial charge on any atom is -0.306 e. The minimum absolute atomic E-state index is 0.661. The van der Waals surface area contributed by atoms with Crippen LogP contribution < -0.4 is 0 Å². The van der Waals surface area contributed by atoms with Crippen LogP contribution in [-0.2, 0) is 12.8 Å². The van der Waals surface area contributed by atoms with E-state index in [0.29, 0.717) is 6.42 Å². The first kappa shape index (κ1) is 15.7. The van der Waals surface area contributed by atoms with Crippen molar-refractivity contribution < 1.29 is 0 Å². The summed E-state index contributed by atoms with van der Waals surface area (Å²) in [5, 5.41) is 8.51. The second-order valence-corrected chi connectivity index (χ2v) is 5.73. The molecule has 0 aliphatic rings. The Morgan fingerprint density at radius 1 is 1.11 bits per heavy atom. The molecule has 0 amide bonds. The molecule has 0 saturated heterocycles. The van der Waals surface area contributed by atoms with E-state index in [-0.39, 0.29) is 0 Å². The van der Waals surface area contributed by atoms with Crippen molar-refractivity contribution in [3.05, 3.63) is 35.4 Å². The summed E-state index contributed by atoms with van der Waals surface area (Å²) >= 11 is 0. The van der Waals surface area contributed by atoms with Gasteiger partial charge in [0.1, 0.15) is 0 Å². The Kier molecular flexibility index (Phi) is 7.22. The van der Waals surface area contributed by atoms with Crippen molar-refractivity contribution in [2.75, 3.05) is 20.1 Å². The highest BCUT2D eigenvalue weighted by molar-refractivity contribution is 5.23. The maximum atomic E-state index is 8.51. The summed E-state index contributed by atoms with van der Waals surface area (Å²) in [6.07, 6.45) is 3.88. The summed E-state index contributed by atoms with van der Waals surface area (Å²) in [6, 6.07) is 11.2. The topological polar surface area (TPSA) is 27.0 Å². The first-order chi connectivity index (χ1) is 9.11. The van der Waals surface area contributed by atoms with Crippen LogP contribution in [0.25, 0.3) is 0 Å². The van der Waals surface area contributed by atoms with Gasteiger partial charge in [0.15, 0.2) is 0 Å². The fourth-order valence-corrected chi connectivity index (χ4v) is 2.17. The summed E-state index contributed by atoms with van der Waals surface area (Å²) in [5.74, 6) is 0.720. The fraction of sp³-hybridized carbons (Fsp3) is 0.588. The van der Waals surface area contributed by atoms with E-state index in [0.717, 1.165) is 38.3 Å². The van der Waals surface area contributed by atoms with Crippen LogP contribution >= 0.6 is 0 Å². The number of hydrogen-bond acceptors (Lipinski definition) is 2. The van der Waals surface area contributed by atoms with Crippen LogP contribution in [0.1, 0.15) is 37.8 Å². The lowest BCUT2D eigenvalue weighted by atomic mass is 10.0. The first-order valence-electron chi connectivity index (χ1n) is 7.25. The zero-order chi connectivity index (χ0) is 14.1. The van der Waals surface area contributed by atoms with Gasteiger partial charge in [0.05, 0.1) is 6.07 Å². The predicted octanol–water partition coefficient (Wildman–Crippen LogP) is 3.66. The standard InChI is InChI=1S/C17H26N2/c1-15(2)14-17-8-6-16(7-9-17)10-13-19(3)12-5-4-11-18/h6-9,15H,4-5,10,12-14H2,1-3H3. The number of nitriles is 1. The molecule has 0 atom stereocenters. The van der Waals surface area contributed by atoms with Crippen LogP contribution in [0.5, 0.6) is 0 Å². The van der Waals surface area contributed by atoms with Gasteiger partial charge in [-0.05, 0) is 49.9 Å². The average molecular weight is 258 g/mol. The molecule has 2 nitrogen and oxygen atoms in total. The molecule has 0 bridgehead atoms. The van der Waals surface area contributed by atoms with Crippen LogP contribution in [0.3, 0.4) is 0 Å². The van der Waals surface area contributed by atoms with Crippen LogP contribution in [0.15, 0.2) is 24.3 Å². The zero-order valence-electron chi connectivity index (χ0n) is 12.5. The Hall–Kier alpha value is -1.33. The molecule has 104 valence electrons. The van der Waals surface area contributed by atoms with E-state index in [1.807, 2.05) is 0 Å². The third-order valence-corrected chi connectivity index (χ3v) is 3.28. The van der Waals surface area contributed by atoms with Gasteiger partial charge in [0.2, 0.25) is 0 Å². The monoisotopic (exact) mass is 258 g/mol. The van der Waals surface area contributed by atoms with Crippen molar-refractivity contribution in [2.45, 2.75) is 39.5 Å². The second-order valence-electron chi connectivity index (χ2n) is 5.73. The molecule has 0 spiro atoms. The van der Waals surface area contributed by atoms with Crippen LogP contribution in [-0.4, -0.2) is 25.0 Å². The van der Waals surface area contributed by atoms with Crippen molar-refractivity contribution in [2.24, 2.45) is 5.92 Å². The molecular formula is C17H26N2. The Labute approximate surface area is 118 Å². The quantitative estimate of drug-likeness (QED) is 0.665. The lowest BCUT2D eigenvalue weighted by molar-refractivity contribution is 0.335. The molecule has 0 aliphatic carbocycles. The van der Waals surface area contributed by atoms with Crippen LogP contribution in [0, 0.1) is 17.2 Å². The maximum absolute atomic E-state index is 8.51. The molecule has 1 aromatic carbocycles. The van der Waals surface area contributed by atoms with E-state index >= 15 is 0 Å². The molecule has 19 heavy (non-hydrogen) atoms. The van der Waals surface area contributed by atoms with E-state index in [9.17, 15) is 0 Å². The van der Waals surface area contributed by atoms with E-state index in [4.69, 9.17) is 5.26 Å². The molecule has 0 aromatic heterocycles. The number of likely N-dealkylation sites (N-methyl/N-ethyl adjacent to an activating group) is 1. The molecule has 0 N–H and O–H groups in total. The molecule has 0 saturated carbocycles. The summed E-state index contributed by atoms with van der Waals surface area (Å²) in [4.78, 5) is 2.30. The van der Waals surface area contributed by atoms with Crippen molar-refractivity contribution in [1.29, 1.82) is 5.26 Å². The molecule has 2 heteroatoms. The molecule has 1 rings (SSSR count). The molecular weight excluding hydrogens is 232 g/mol. The largest absolute Gasteiger partial charge is 0.306 e. The van der Waals surface area contributed by atoms with Gasteiger partial charge in [-0.3, -0.25) is 0 Å². The van der Waals surface area contributed by atoms with Crippen LogP contribution in [0.4, 0.5) is 0 Å². The molecule has 0 fully saturated rings. The molecule has 0 radical (unpaired) electrons. The van der Waals surface area contributed by atoms with E-state index in [1.54, 1.807) is 0 Å². The van der Waals surface area contributed by atoms with Crippen molar-refractivity contribution in [3.8, 4) is 6.07 Å². The van der Waals surface area contributed by atoms with Gasteiger partial charge in [-0.1, -0.05) is 38.1 Å². The van der Waals surface area contributed by atoms with Crippen LogP contribution in [0.2, 0.25) is 0 Å². The van der Waals surface area contributed by atoms with Gasteiger partial charge < -0.3 is 4.90 Å². The molecule has 1 aromatic rings. The molecule has 0 heterocycles. The Morgan fingerprint density at radius 3 is 2.32 bits per heavy atom. The number of hydrogen-bond donors (Lipinski definition) is 0. The summed E-state index contributed by atoms with van der Waals surface area (Å²) in [7, 11) is 2.13. The highest BCUT2D eigenvalue weighted by Crippen LogP contribution is 2.10. The molecule has 0 aliphatic heterocycles. The van der Waals surface area contributed by atoms with E-state index in [2.05, 4.69) is 56.1 Å². The van der Waals surface area contributed by atoms with Gasteiger partial charge in [-0.25, -0.2) is 0 Å². The average Bonchev–Trinajstić information content (AvgIpc) is 2.37. The third-order valence-electron chi connectivity index (χ3n) is 3.28. The third kappa shape index (κ3) is 6.98. The fourth-order valence-electron chi connectivity index (χ4n) is 2.17. The molecule has 0 unspecified atom stereocenters. The number of benzene rings is 1. The lowest BCUT2D eigenvalue weighted by Gasteiger charge is -2.15. The normalized spacial score (nSPS) is 10.9. The summed E-state index contributed by atoms with van der Waals surface area (Å²) in [5.41, 5.74) is 2.83. The smallest absolute Gasteiger partial charge is 0.0622 e. The Balaban J connectivity index is 2.31. The van der Waals surface area contributed by atoms with E-state index < -0.39 is 0 Å². The van der Waals surface area contributed by atoms with Gasteiger partial charge in [0, 0.05) is 13.0 Å². The second kappa shape index (κ2) is 8.72.